The van der Waals surface area contributed by atoms with Gasteiger partial charge in [0.15, 0.2) is 17.4 Å². The molecule has 9 nitrogen and oxygen atoms in total. The summed E-state index contributed by atoms with van der Waals surface area (Å²) in [6.45, 7) is 8.80. The van der Waals surface area contributed by atoms with Crippen molar-refractivity contribution in [2.75, 3.05) is 57.0 Å². The van der Waals surface area contributed by atoms with Crippen molar-refractivity contribution in [3.63, 3.8) is 0 Å². The van der Waals surface area contributed by atoms with Gasteiger partial charge in [-0.25, -0.2) is 23.7 Å². The molecule has 2 aliphatic heterocycles. The predicted octanol–water partition coefficient (Wildman–Crippen LogP) is 5.47. The maximum atomic E-state index is 15.2. The fourth-order valence-corrected chi connectivity index (χ4v) is 5.64. The van der Waals surface area contributed by atoms with E-state index < -0.39 is 17.5 Å². The number of rotatable bonds is 8. The largest absolute Gasteiger partial charge is 0.451 e. The summed E-state index contributed by atoms with van der Waals surface area (Å²) in [5, 5.41) is 12.8. The summed E-state index contributed by atoms with van der Waals surface area (Å²) in [6, 6.07) is 8.31. The molecule has 0 radical (unpaired) electrons. The van der Waals surface area contributed by atoms with Crippen LogP contribution in [-0.4, -0.2) is 83.5 Å². The number of likely N-dealkylation sites (tertiary alicyclic amines) is 1. The lowest BCUT2D eigenvalue weighted by molar-refractivity contribution is -0.0475. The Morgan fingerprint density at radius 1 is 1.16 bits per heavy atom. The minimum atomic E-state index is -2.08. The number of ether oxygens (including phenoxy) is 1. The van der Waals surface area contributed by atoms with Crippen LogP contribution in [0.5, 0.6) is 5.75 Å². The van der Waals surface area contributed by atoms with Gasteiger partial charge in [-0.2, -0.15) is 9.65 Å². The second-order valence-electron chi connectivity index (χ2n) is 11.9. The zero-order chi connectivity index (χ0) is 30.9. The Kier molecular flexibility index (Phi) is 8.76. The molecule has 2 aliphatic rings. The second kappa shape index (κ2) is 12.3. The number of alkyl halides is 1. The van der Waals surface area contributed by atoms with E-state index in [0.717, 1.165) is 56.8 Å². The SMILES string of the molecule is CC(C)N1CC(C)(F)Oc2c(F)cc(-c3nc(Nc4ccc(C5CCN(CCN(C)C)CC5)c(C#N)n4)ncc3F)cc21. The van der Waals surface area contributed by atoms with Crippen molar-refractivity contribution >= 4 is 17.5 Å². The van der Waals surface area contributed by atoms with E-state index in [1.165, 1.54) is 13.0 Å². The van der Waals surface area contributed by atoms with Crippen LogP contribution in [0.3, 0.4) is 0 Å². The first-order chi connectivity index (χ1) is 20.4. The number of benzene rings is 1. The van der Waals surface area contributed by atoms with E-state index in [1.54, 1.807) is 11.0 Å². The number of fused-ring (bicyclic) bond motifs is 1. The van der Waals surface area contributed by atoms with E-state index in [-0.39, 0.29) is 41.5 Å². The molecule has 5 rings (SSSR count). The van der Waals surface area contributed by atoms with Gasteiger partial charge >= 0.3 is 0 Å². The van der Waals surface area contributed by atoms with Crippen LogP contribution < -0.4 is 15.0 Å². The Bertz CT molecular complexity index is 1520. The molecule has 12 heteroatoms. The minimum absolute atomic E-state index is 0.0289. The predicted molar refractivity (Wildman–Crippen MR) is 159 cm³/mol. The number of nitrogens with zero attached hydrogens (tertiary/aromatic N) is 7. The topological polar surface area (TPSA) is 93.4 Å². The Labute approximate surface area is 250 Å². The molecule has 1 aromatic carbocycles. The summed E-state index contributed by atoms with van der Waals surface area (Å²) in [4.78, 5) is 19.1. The van der Waals surface area contributed by atoms with Gasteiger partial charge in [-0.05, 0) is 83.6 Å². The Balaban J connectivity index is 1.36. The third-order valence-corrected chi connectivity index (χ3v) is 7.91. The Morgan fingerprint density at radius 2 is 1.91 bits per heavy atom. The molecule has 4 heterocycles. The highest BCUT2D eigenvalue weighted by Gasteiger charge is 2.39. The molecule has 3 aromatic rings. The molecule has 1 unspecified atom stereocenters. The first-order valence-electron chi connectivity index (χ1n) is 14.5. The van der Waals surface area contributed by atoms with Gasteiger partial charge in [-0.15, -0.1) is 0 Å². The number of hydrogen-bond acceptors (Lipinski definition) is 9. The molecule has 0 saturated carbocycles. The van der Waals surface area contributed by atoms with Gasteiger partial charge in [-0.1, -0.05) is 6.07 Å². The number of pyridine rings is 1. The average molecular weight is 595 g/mol. The smallest absolute Gasteiger partial charge is 0.263 e. The molecule has 0 bridgehead atoms. The highest BCUT2D eigenvalue weighted by atomic mass is 19.2. The number of piperidine rings is 1. The van der Waals surface area contributed by atoms with Crippen LogP contribution >= 0.6 is 0 Å². The zero-order valence-electron chi connectivity index (χ0n) is 25.2. The highest BCUT2D eigenvalue weighted by Crippen LogP contribution is 2.43. The van der Waals surface area contributed by atoms with E-state index in [2.05, 4.69) is 50.2 Å². The summed E-state index contributed by atoms with van der Waals surface area (Å²) >= 11 is 0. The van der Waals surface area contributed by atoms with E-state index >= 15 is 4.39 Å². The Morgan fingerprint density at radius 3 is 2.58 bits per heavy atom. The van der Waals surface area contributed by atoms with Gasteiger partial charge in [0.2, 0.25) is 5.95 Å². The molecule has 0 aliphatic carbocycles. The van der Waals surface area contributed by atoms with Crippen LogP contribution in [0, 0.1) is 23.0 Å². The van der Waals surface area contributed by atoms with Crippen molar-refractivity contribution in [2.24, 2.45) is 0 Å². The number of nitrogens with one attached hydrogen (secondary N) is 1. The van der Waals surface area contributed by atoms with Crippen LogP contribution in [-0.2, 0) is 0 Å². The van der Waals surface area contributed by atoms with Gasteiger partial charge in [0.1, 0.15) is 23.3 Å². The number of nitriles is 1. The van der Waals surface area contributed by atoms with Gasteiger partial charge in [-0.3, -0.25) is 0 Å². The van der Waals surface area contributed by atoms with Gasteiger partial charge in [0.05, 0.1) is 18.4 Å². The lowest BCUT2D eigenvalue weighted by Crippen LogP contribution is -2.49. The number of halogens is 3. The quantitative estimate of drug-likeness (QED) is 0.365. The first-order valence-corrected chi connectivity index (χ1v) is 14.5. The third kappa shape index (κ3) is 6.84. The summed E-state index contributed by atoms with van der Waals surface area (Å²) < 4.78 is 50.3. The number of aromatic nitrogens is 3. The van der Waals surface area contributed by atoms with Crippen molar-refractivity contribution in [1.82, 2.24) is 24.8 Å². The standard InChI is InChI=1S/C31H37F3N8O/c1-19(2)42-18-31(3,34)43-29-23(32)14-21(15-26(29)42)28-24(33)17-36-30(39-28)38-27-7-6-22(25(16-35)37-27)20-8-10-41(11-9-20)13-12-40(4)5/h6-7,14-15,17,19-20H,8-13,18H2,1-5H3,(H,36,37,38,39). The molecule has 43 heavy (non-hydrogen) atoms. The normalized spacial score (nSPS) is 19.3. The van der Waals surface area contributed by atoms with Crippen LogP contribution in [0.4, 0.5) is 30.6 Å². The molecule has 1 saturated heterocycles. The van der Waals surface area contributed by atoms with E-state index in [9.17, 15) is 14.0 Å². The monoisotopic (exact) mass is 594 g/mol. The lowest BCUT2D eigenvalue weighted by Gasteiger charge is -2.40. The van der Waals surface area contributed by atoms with Crippen molar-refractivity contribution in [3.05, 3.63) is 53.4 Å². The van der Waals surface area contributed by atoms with Gasteiger partial charge in [0.25, 0.3) is 5.85 Å². The molecule has 0 spiro atoms. The highest BCUT2D eigenvalue weighted by molar-refractivity contribution is 5.73. The molecular formula is C31H37F3N8O. The molecule has 0 amide bonds. The number of likely N-dealkylation sites (N-methyl/N-ethyl adjacent to an activating group) is 1. The summed E-state index contributed by atoms with van der Waals surface area (Å²) in [7, 11) is 4.13. The summed E-state index contributed by atoms with van der Waals surface area (Å²) in [5.41, 5.74) is 1.55. The van der Waals surface area contributed by atoms with Crippen molar-refractivity contribution in [1.29, 1.82) is 5.26 Å². The van der Waals surface area contributed by atoms with E-state index in [4.69, 9.17) is 4.74 Å². The molecule has 1 N–H and O–H groups in total. The van der Waals surface area contributed by atoms with Crippen LogP contribution in [0.25, 0.3) is 11.3 Å². The average Bonchev–Trinajstić information content (AvgIpc) is 2.97. The Hall–Kier alpha value is -3.95. The molecular weight excluding hydrogens is 557 g/mol. The summed E-state index contributed by atoms with van der Waals surface area (Å²) in [6.07, 6.45) is 2.88. The van der Waals surface area contributed by atoms with E-state index in [1.807, 2.05) is 19.9 Å². The molecule has 2 aromatic heterocycles. The van der Waals surface area contributed by atoms with Gasteiger partial charge in [0, 0.05) is 31.6 Å². The molecule has 1 atom stereocenters. The summed E-state index contributed by atoms with van der Waals surface area (Å²) in [5.74, 6) is -3.29. The zero-order valence-corrected chi connectivity index (χ0v) is 25.2. The first kappa shape index (κ1) is 30.5. The lowest BCUT2D eigenvalue weighted by atomic mass is 9.88. The minimum Gasteiger partial charge on any atom is -0.451 e. The maximum Gasteiger partial charge on any atom is 0.263 e. The van der Waals surface area contributed by atoms with Crippen molar-refractivity contribution < 1.29 is 17.9 Å². The third-order valence-electron chi connectivity index (χ3n) is 7.91. The van der Waals surface area contributed by atoms with E-state index in [0.29, 0.717) is 17.2 Å². The molecule has 228 valence electrons. The molecule has 1 fully saturated rings. The fraction of sp³-hybridized carbons (Fsp3) is 0.484. The van der Waals surface area contributed by atoms with Crippen molar-refractivity contribution in [3.8, 4) is 23.1 Å². The van der Waals surface area contributed by atoms with Crippen LogP contribution in [0.15, 0.2) is 30.5 Å². The number of anilines is 3. The maximum absolute atomic E-state index is 15.2. The second-order valence-corrected chi connectivity index (χ2v) is 11.9. The fourth-order valence-electron chi connectivity index (χ4n) is 5.64. The van der Waals surface area contributed by atoms with Crippen LogP contribution in [0.2, 0.25) is 0 Å². The number of hydrogen-bond donors (Lipinski definition) is 1. The van der Waals surface area contributed by atoms with Crippen LogP contribution in [0.1, 0.15) is 50.8 Å². The van der Waals surface area contributed by atoms with Gasteiger partial charge < -0.3 is 24.8 Å². The van der Waals surface area contributed by atoms with Crippen molar-refractivity contribution in [2.45, 2.75) is 51.4 Å².